The van der Waals surface area contributed by atoms with Crippen molar-refractivity contribution in [3.05, 3.63) is 71.3 Å². The summed E-state index contributed by atoms with van der Waals surface area (Å²) in [6.45, 7) is 1.85. The summed E-state index contributed by atoms with van der Waals surface area (Å²) >= 11 is 0. The number of carbonyl (C=O) groups is 1. The van der Waals surface area contributed by atoms with Gasteiger partial charge in [-0.3, -0.25) is 4.79 Å². The molecule has 2 aromatic carbocycles. The average Bonchev–Trinajstić information content (AvgIpc) is 2.57. The predicted octanol–water partition coefficient (Wildman–Crippen LogP) is 3.12. The molecular formula is C19H23NO2. The van der Waals surface area contributed by atoms with Crippen molar-refractivity contribution >= 4 is 5.97 Å². The van der Waals surface area contributed by atoms with E-state index in [1.165, 1.54) is 18.2 Å². The Balaban J connectivity index is 1.65. The summed E-state index contributed by atoms with van der Waals surface area (Å²) in [5.74, 6) is -0.202. The third kappa shape index (κ3) is 5.70. The van der Waals surface area contributed by atoms with Crippen LogP contribution < -0.4 is 5.32 Å². The van der Waals surface area contributed by atoms with E-state index in [-0.39, 0.29) is 5.97 Å². The van der Waals surface area contributed by atoms with Gasteiger partial charge in [-0.15, -0.1) is 0 Å². The van der Waals surface area contributed by atoms with Gasteiger partial charge in [0.15, 0.2) is 0 Å². The van der Waals surface area contributed by atoms with Crippen molar-refractivity contribution < 1.29 is 9.53 Å². The zero-order valence-corrected chi connectivity index (χ0v) is 13.0. The minimum Gasteiger partial charge on any atom is -0.469 e. The van der Waals surface area contributed by atoms with Gasteiger partial charge in [0.1, 0.15) is 0 Å². The van der Waals surface area contributed by atoms with E-state index in [1.54, 1.807) is 0 Å². The highest BCUT2D eigenvalue weighted by atomic mass is 16.5. The number of benzene rings is 2. The Bertz CT molecular complexity index is 564. The first kappa shape index (κ1) is 16.2. The van der Waals surface area contributed by atoms with E-state index in [0.29, 0.717) is 6.42 Å². The molecule has 116 valence electrons. The fourth-order valence-corrected chi connectivity index (χ4v) is 2.31. The maximum absolute atomic E-state index is 11.2. The molecule has 0 spiro atoms. The third-order valence-corrected chi connectivity index (χ3v) is 3.59. The second-order valence-corrected chi connectivity index (χ2v) is 5.34. The molecule has 0 aliphatic rings. The van der Waals surface area contributed by atoms with Crippen LogP contribution in [0.25, 0.3) is 0 Å². The minimum absolute atomic E-state index is 0.202. The molecule has 0 aliphatic heterocycles. The van der Waals surface area contributed by atoms with Crippen molar-refractivity contribution in [2.75, 3.05) is 13.7 Å². The van der Waals surface area contributed by atoms with Gasteiger partial charge in [0.2, 0.25) is 0 Å². The smallest absolute Gasteiger partial charge is 0.309 e. The number of nitrogens with one attached hydrogen (secondary N) is 1. The molecule has 0 amide bonds. The monoisotopic (exact) mass is 297 g/mol. The Morgan fingerprint density at radius 2 is 1.64 bits per heavy atom. The minimum atomic E-state index is -0.202. The van der Waals surface area contributed by atoms with Crippen LogP contribution in [0.2, 0.25) is 0 Å². The molecule has 2 rings (SSSR count). The molecule has 0 radical (unpaired) electrons. The number of methoxy groups -OCH3 is 1. The van der Waals surface area contributed by atoms with E-state index in [4.69, 9.17) is 0 Å². The molecule has 3 heteroatoms. The first-order valence-electron chi connectivity index (χ1n) is 7.67. The Kier molecular flexibility index (Phi) is 6.65. The van der Waals surface area contributed by atoms with Crippen molar-refractivity contribution in [2.45, 2.75) is 25.8 Å². The maximum Gasteiger partial charge on any atom is 0.309 e. The highest BCUT2D eigenvalue weighted by Crippen LogP contribution is 2.06. The van der Waals surface area contributed by atoms with Crippen LogP contribution in [0.5, 0.6) is 0 Å². The molecule has 3 nitrogen and oxygen atoms in total. The SMILES string of the molecule is COC(=O)Cc1ccc(CNCCCc2ccccc2)cc1. The van der Waals surface area contributed by atoms with Crippen molar-refractivity contribution in [3.63, 3.8) is 0 Å². The quantitative estimate of drug-likeness (QED) is 0.601. The van der Waals surface area contributed by atoms with Gasteiger partial charge in [0.25, 0.3) is 0 Å². The molecule has 0 aromatic heterocycles. The zero-order valence-electron chi connectivity index (χ0n) is 13.0. The van der Waals surface area contributed by atoms with Gasteiger partial charge < -0.3 is 10.1 Å². The lowest BCUT2D eigenvalue weighted by Gasteiger charge is -2.06. The van der Waals surface area contributed by atoms with Gasteiger partial charge in [-0.25, -0.2) is 0 Å². The van der Waals surface area contributed by atoms with Crippen LogP contribution in [0.4, 0.5) is 0 Å². The Hall–Kier alpha value is -2.13. The summed E-state index contributed by atoms with van der Waals surface area (Å²) in [6.07, 6.45) is 2.57. The van der Waals surface area contributed by atoms with Gasteiger partial charge >= 0.3 is 5.97 Å². The molecule has 2 aromatic rings. The summed E-state index contributed by atoms with van der Waals surface area (Å²) in [7, 11) is 1.41. The molecule has 0 saturated heterocycles. The summed E-state index contributed by atoms with van der Waals surface area (Å²) < 4.78 is 4.66. The summed E-state index contributed by atoms with van der Waals surface area (Å²) in [5.41, 5.74) is 3.60. The van der Waals surface area contributed by atoms with Crippen LogP contribution in [-0.4, -0.2) is 19.6 Å². The number of esters is 1. The molecular weight excluding hydrogens is 274 g/mol. The number of hydrogen-bond acceptors (Lipinski definition) is 3. The zero-order chi connectivity index (χ0) is 15.6. The van der Waals surface area contributed by atoms with E-state index >= 15 is 0 Å². The van der Waals surface area contributed by atoms with Gasteiger partial charge in [0, 0.05) is 6.54 Å². The molecule has 1 N–H and O–H groups in total. The van der Waals surface area contributed by atoms with E-state index in [1.807, 2.05) is 18.2 Å². The predicted molar refractivity (Wildman–Crippen MR) is 88.6 cm³/mol. The number of ether oxygens (including phenoxy) is 1. The van der Waals surface area contributed by atoms with Crippen LogP contribution in [-0.2, 0) is 28.9 Å². The molecule has 0 atom stereocenters. The molecule has 0 saturated carbocycles. The summed E-state index contributed by atoms with van der Waals surface area (Å²) in [6, 6.07) is 18.6. The molecule has 0 fully saturated rings. The molecule has 0 heterocycles. The standard InChI is InChI=1S/C19H23NO2/c1-22-19(21)14-17-9-11-18(12-10-17)15-20-13-5-8-16-6-3-2-4-7-16/h2-4,6-7,9-12,20H,5,8,13-15H2,1H3. The number of carbonyl (C=O) groups excluding carboxylic acids is 1. The second-order valence-electron chi connectivity index (χ2n) is 5.34. The normalized spacial score (nSPS) is 10.4. The number of hydrogen-bond donors (Lipinski definition) is 1. The maximum atomic E-state index is 11.2. The summed E-state index contributed by atoms with van der Waals surface area (Å²) in [5, 5.41) is 3.45. The van der Waals surface area contributed by atoms with Crippen molar-refractivity contribution in [3.8, 4) is 0 Å². The lowest BCUT2D eigenvalue weighted by molar-refractivity contribution is -0.139. The Labute approximate surface area is 132 Å². The summed E-state index contributed by atoms with van der Waals surface area (Å²) in [4.78, 5) is 11.2. The van der Waals surface area contributed by atoms with E-state index in [0.717, 1.165) is 31.5 Å². The van der Waals surface area contributed by atoms with Crippen molar-refractivity contribution in [1.82, 2.24) is 5.32 Å². The highest BCUT2D eigenvalue weighted by Gasteiger charge is 2.02. The Morgan fingerprint density at radius 1 is 0.955 bits per heavy atom. The van der Waals surface area contributed by atoms with Crippen LogP contribution >= 0.6 is 0 Å². The van der Waals surface area contributed by atoms with Crippen LogP contribution in [0.15, 0.2) is 54.6 Å². The topological polar surface area (TPSA) is 38.3 Å². The molecule has 0 bridgehead atoms. The number of aryl methyl sites for hydroxylation is 1. The van der Waals surface area contributed by atoms with E-state index in [9.17, 15) is 4.79 Å². The van der Waals surface area contributed by atoms with Gasteiger partial charge in [-0.2, -0.15) is 0 Å². The highest BCUT2D eigenvalue weighted by molar-refractivity contribution is 5.72. The lowest BCUT2D eigenvalue weighted by atomic mass is 10.1. The lowest BCUT2D eigenvalue weighted by Crippen LogP contribution is -2.15. The van der Waals surface area contributed by atoms with Crippen molar-refractivity contribution in [2.24, 2.45) is 0 Å². The fraction of sp³-hybridized carbons (Fsp3) is 0.316. The van der Waals surface area contributed by atoms with Crippen LogP contribution in [0.1, 0.15) is 23.1 Å². The van der Waals surface area contributed by atoms with Gasteiger partial charge in [-0.05, 0) is 36.1 Å². The third-order valence-electron chi connectivity index (χ3n) is 3.59. The first-order valence-corrected chi connectivity index (χ1v) is 7.67. The van der Waals surface area contributed by atoms with E-state index < -0.39 is 0 Å². The molecule has 0 unspecified atom stereocenters. The van der Waals surface area contributed by atoms with Crippen LogP contribution in [0, 0.1) is 0 Å². The Morgan fingerprint density at radius 3 is 2.32 bits per heavy atom. The van der Waals surface area contributed by atoms with Gasteiger partial charge in [0.05, 0.1) is 13.5 Å². The first-order chi connectivity index (χ1) is 10.8. The molecule has 22 heavy (non-hydrogen) atoms. The van der Waals surface area contributed by atoms with Crippen molar-refractivity contribution in [1.29, 1.82) is 0 Å². The second kappa shape index (κ2) is 9.00. The average molecular weight is 297 g/mol. The van der Waals surface area contributed by atoms with Gasteiger partial charge in [-0.1, -0.05) is 54.6 Å². The molecule has 0 aliphatic carbocycles. The van der Waals surface area contributed by atoms with E-state index in [2.05, 4.69) is 46.5 Å². The number of rotatable bonds is 8. The van der Waals surface area contributed by atoms with Crippen LogP contribution in [0.3, 0.4) is 0 Å². The fourth-order valence-electron chi connectivity index (χ4n) is 2.31. The largest absolute Gasteiger partial charge is 0.469 e.